The van der Waals surface area contributed by atoms with Crippen LogP contribution in [0, 0.1) is 19.7 Å². The number of aromatic amines is 1. The van der Waals surface area contributed by atoms with Gasteiger partial charge >= 0.3 is 6.03 Å². The molecular formula is C16H18FN3O2. The molecule has 6 heteroatoms. The lowest BCUT2D eigenvalue weighted by atomic mass is 10.1. The zero-order chi connectivity index (χ0) is 16.1. The molecule has 0 saturated carbocycles. The van der Waals surface area contributed by atoms with Crippen molar-refractivity contribution in [1.29, 1.82) is 0 Å². The highest BCUT2D eigenvalue weighted by Crippen LogP contribution is 2.04. The number of rotatable bonds is 4. The predicted octanol–water partition coefficient (Wildman–Crippen LogP) is 2.13. The number of urea groups is 1. The minimum absolute atomic E-state index is 0.135. The fourth-order valence-corrected chi connectivity index (χ4v) is 2.16. The molecule has 2 rings (SSSR count). The van der Waals surface area contributed by atoms with Crippen molar-refractivity contribution in [2.75, 3.05) is 0 Å². The van der Waals surface area contributed by atoms with Crippen LogP contribution in [0.1, 0.15) is 22.4 Å². The van der Waals surface area contributed by atoms with Crippen molar-refractivity contribution in [3.63, 3.8) is 0 Å². The van der Waals surface area contributed by atoms with E-state index in [9.17, 15) is 14.0 Å². The SMILES string of the molecule is Cc1cc(C)c(CNC(=O)NCc2cccc(F)c2)c(=O)[nH]1. The molecule has 22 heavy (non-hydrogen) atoms. The lowest BCUT2D eigenvalue weighted by molar-refractivity contribution is 0.240. The number of carbonyl (C=O) groups excluding carboxylic acids is 1. The summed E-state index contributed by atoms with van der Waals surface area (Å²) in [7, 11) is 0. The van der Waals surface area contributed by atoms with Crippen molar-refractivity contribution in [3.8, 4) is 0 Å². The maximum atomic E-state index is 13.0. The fourth-order valence-electron chi connectivity index (χ4n) is 2.16. The summed E-state index contributed by atoms with van der Waals surface area (Å²) < 4.78 is 13.0. The van der Waals surface area contributed by atoms with Crippen molar-refractivity contribution in [2.45, 2.75) is 26.9 Å². The van der Waals surface area contributed by atoms with E-state index in [0.717, 1.165) is 11.3 Å². The van der Waals surface area contributed by atoms with E-state index in [0.29, 0.717) is 11.1 Å². The molecule has 0 spiro atoms. The van der Waals surface area contributed by atoms with E-state index in [1.54, 1.807) is 19.1 Å². The van der Waals surface area contributed by atoms with E-state index in [2.05, 4.69) is 15.6 Å². The molecule has 0 radical (unpaired) electrons. The zero-order valence-electron chi connectivity index (χ0n) is 12.5. The third kappa shape index (κ3) is 4.18. The highest BCUT2D eigenvalue weighted by molar-refractivity contribution is 5.73. The zero-order valence-corrected chi connectivity index (χ0v) is 12.5. The Balaban J connectivity index is 1.90. The Morgan fingerprint density at radius 2 is 1.91 bits per heavy atom. The normalized spacial score (nSPS) is 10.3. The Morgan fingerprint density at radius 3 is 2.59 bits per heavy atom. The molecule has 0 unspecified atom stereocenters. The van der Waals surface area contributed by atoms with Crippen LogP contribution in [0.5, 0.6) is 0 Å². The first-order valence-electron chi connectivity index (χ1n) is 6.91. The van der Waals surface area contributed by atoms with E-state index < -0.39 is 6.03 Å². The molecular weight excluding hydrogens is 285 g/mol. The number of amides is 2. The Kier molecular flexibility index (Phi) is 4.93. The van der Waals surface area contributed by atoms with Crippen molar-refractivity contribution in [2.24, 2.45) is 0 Å². The van der Waals surface area contributed by atoms with E-state index in [-0.39, 0.29) is 24.5 Å². The average molecular weight is 303 g/mol. The molecule has 0 atom stereocenters. The first-order valence-corrected chi connectivity index (χ1v) is 6.91. The van der Waals surface area contributed by atoms with Crippen molar-refractivity contribution < 1.29 is 9.18 Å². The van der Waals surface area contributed by atoms with Crippen LogP contribution in [0.3, 0.4) is 0 Å². The summed E-state index contributed by atoms with van der Waals surface area (Å²) in [6, 6.07) is 7.44. The van der Waals surface area contributed by atoms with Crippen molar-refractivity contribution in [3.05, 3.63) is 68.9 Å². The maximum Gasteiger partial charge on any atom is 0.315 e. The second kappa shape index (κ2) is 6.89. The minimum atomic E-state index is -0.413. The van der Waals surface area contributed by atoms with Crippen LogP contribution in [-0.4, -0.2) is 11.0 Å². The topological polar surface area (TPSA) is 74.0 Å². The van der Waals surface area contributed by atoms with Crippen LogP contribution in [0.25, 0.3) is 0 Å². The molecule has 0 aliphatic carbocycles. The van der Waals surface area contributed by atoms with Gasteiger partial charge in [-0.05, 0) is 43.2 Å². The number of nitrogens with one attached hydrogen (secondary N) is 3. The summed E-state index contributed by atoms with van der Waals surface area (Å²) in [5, 5.41) is 5.24. The van der Waals surface area contributed by atoms with Gasteiger partial charge in [-0.15, -0.1) is 0 Å². The monoisotopic (exact) mass is 303 g/mol. The Hall–Kier alpha value is -2.63. The molecule has 0 bridgehead atoms. The molecule has 0 saturated heterocycles. The Labute approximate surface area is 127 Å². The van der Waals surface area contributed by atoms with Gasteiger partial charge in [0.25, 0.3) is 5.56 Å². The lowest BCUT2D eigenvalue weighted by Crippen LogP contribution is -2.36. The Bertz CT molecular complexity index is 740. The Morgan fingerprint density at radius 1 is 1.18 bits per heavy atom. The number of H-pyrrole nitrogens is 1. The molecule has 1 heterocycles. The van der Waals surface area contributed by atoms with Crippen molar-refractivity contribution in [1.82, 2.24) is 15.6 Å². The third-order valence-corrected chi connectivity index (χ3v) is 3.26. The minimum Gasteiger partial charge on any atom is -0.334 e. The van der Waals surface area contributed by atoms with Crippen LogP contribution in [0.15, 0.2) is 35.1 Å². The first kappa shape index (κ1) is 15.8. The molecule has 1 aromatic heterocycles. The second-order valence-electron chi connectivity index (χ2n) is 5.11. The molecule has 2 amide bonds. The quantitative estimate of drug-likeness (QED) is 0.809. The van der Waals surface area contributed by atoms with E-state index in [1.165, 1.54) is 12.1 Å². The molecule has 0 aliphatic rings. The number of hydrogen-bond donors (Lipinski definition) is 3. The molecule has 0 fully saturated rings. The number of halogens is 1. The van der Waals surface area contributed by atoms with Crippen LogP contribution in [0.2, 0.25) is 0 Å². The molecule has 5 nitrogen and oxygen atoms in total. The molecule has 3 N–H and O–H groups in total. The summed E-state index contributed by atoms with van der Waals surface area (Å²) in [5.41, 5.74) is 2.59. The standard InChI is InChI=1S/C16H18FN3O2/c1-10-6-11(2)20-15(21)14(10)9-19-16(22)18-8-12-4-3-5-13(17)7-12/h3-7H,8-9H2,1-2H3,(H,20,21)(H2,18,19,22). The van der Waals surface area contributed by atoms with Gasteiger partial charge < -0.3 is 15.6 Å². The number of pyridine rings is 1. The van der Waals surface area contributed by atoms with Gasteiger partial charge in [0, 0.05) is 17.8 Å². The number of carbonyl (C=O) groups is 1. The van der Waals surface area contributed by atoms with E-state index >= 15 is 0 Å². The lowest BCUT2D eigenvalue weighted by Gasteiger charge is -2.09. The molecule has 1 aromatic carbocycles. The van der Waals surface area contributed by atoms with Gasteiger partial charge in [0.05, 0.1) is 6.54 Å². The van der Waals surface area contributed by atoms with Crippen LogP contribution >= 0.6 is 0 Å². The van der Waals surface area contributed by atoms with E-state index in [1.807, 2.05) is 13.0 Å². The summed E-state index contributed by atoms with van der Waals surface area (Å²) in [5.74, 6) is -0.346. The van der Waals surface area contributed by atoms with Crippen LogP contribution in [0.4, 0.5) is 9.18 Å². The van der Waals surface area contributed by atoms with Gasteiger partial charge in [-0.1, -0.05) is 12.1 Å². The molecule has 116 valence electrons. The highest BCUT2D eigenvalue weighted by Gasteiger charge is 2.07. The smallest absolute Gasteiger partial charge is 0.315 e. The summed E-state index contributed by atoms with van der Waals surface area (Å²) in [4.78, 5) is 26.3. The third-order valence-electron chi connectivity index (χ3n) is 3.26. The van der Waals surface area contributed by atoms with Gasteiger partial charge in [0.15, 0.2) is 0 Å². The number of hydrogen-bond acceptors (Lipinski definition) is 2. The number of aryl methyl sites for hydroxylation is 2. The van der Waals surface area contributed by atoms with Gasteiger partial charge in [-0.3, -0.25) is 4.79 Å². The number of benzene rings is 1. The number of aromatic nitrogens is 1. The first-order chi connectivity index (χ1) is 10.5. The van der Waals surface area contributed by atoms with E-state index in [4.69, 9.17) is 0 Å². The van der Waals surface area contributed by atoms with Gasteiger partial charge in [-0.2, -0.15) is 0 Å². The fraction of sp³-hybridized carbons (Fsp3) is 0.250. The largest absolute Gasteiger partial charge is 0.334 e. The van der Waals surface area contributed by atoms with Gasteiger partial charge in [0.2, 0.25) is 0 Å². The second-order valence-corrected chi connectivity index (χ2v) is 5.11. The predicted molar refractivity (Wildman–Crippen MR) is 82.0 cm³/mol. The van der Waals surface area contributed by atoms with Gasteiger partial charge in [-0.25, -0.2) is 9.18 Å². The maximum absolute atomic E-state index is 13.0. The van der Waals surface area contributed by atoms with Crippen LogP contribution < -0.4 is 16.2 Å². The summed E-state index contributed by atoms with van der Waals surface area (Å²) in [6.07, 6.45) is 0. The van der Waals surface area contributed by atoms with Gasteiger partial charge in [0.1, 0.15) is 5.82 Å². The highest BCUT2D eigenvalue weighted by atomic mass is 19.1. The summed E-state index contributed by atoms with van der Waals surface area (Å²) >= 11 is 0. The average Bonchev–Trinajstić information content (AvgIpc) is 2.44. The molecule has 0 aliphatic heterocycles. The van der Waals surface area contributed by atoms with Crippen molar-refractivity contribution >= 4 is 6.03 Å². The summed E-state index contributed by atoms with van der Waals surface area (Å²) in [6.45, 7) is 3.98. The molecule has 2 aromatic rings. The van der Waals surface area contributed by atoms with Crippen LogP contribution in [-0.2, 0) is 13.1 Å².